The van der Waals surface area contributed by atoms with Crippen LogP contribution in [0, 0.1) is 5.82 Å². The van der Waals surface area contributed by atoms with E-state index in [4.69, 9.17) is 4.74 Å². The van der Waals surface area contributed by atoms with Gasteiger partial charge in [-0.25, -0.2) is 4.39 Å². The molecule has 1 unspecified atom stereocenters. The first-order valence-corrected chi connectivity index (χ1v) is 10.2. The molecular formula is C25H20FN3O5. The van der Waals surface area contributed by atoms with Gasteiger partial charge in [0.15, 0.2) is 0 Å². The average molecular weight is 461 g/mol. The number of carbonyl (C=O) groups excluding carboxylic acids is 3. The number of nitrogens with one attached hydrogen (secondary N) is 1. The van der Waals surface area contributed by atoms with Gasteiger partial charge in [0.25, 0.3) is 11.7 Å². The van der Waals surface area contributed by atoms with Crippen LogP contribution in [0.1, 0.15) is 24.1 Å². The van der Waals surface area contributed by atoms with E-state index < -0.39 is 29.3 Å². The van der Waals surface area contributed by atoms with Crippen molar-refractivity contribution in [2.24, 2.45) is 0 Å². The number of halogens is 1. The van der Waals surface area contributed by atoms with Crippen LogP contribution in [-0.4, -0.2) is 34.8 Å². The van der Waals surface area contributed by atoms with Crippen LogP contribution >= 0.6 is 0 Å². The summed E-state index contributed by atoms with van der Waals surface area (Å²) in [5.74, 6) is -3.24. The fraction of sp³-hybridized carbons (Fsp3) is 0.120. The van der Waals surface area contributed by atoms with Crippen molar-refractivity contribution in [3.05, 3.63) is 89.5 Å². The highest BCUT2D eigenvalue weighted by Gasteiger charge is 2.47. The molecule has 2 aromatic carbocycles. The summed E-state index contributed by atoms with van der Waals surface area (Å²) in [5, 5.41) is 13.8. The maximum atomic E-state index is 14.0. The Morgan fingerprint density at radius 2 is 1.85 bits per heavy atom. The Kier molecular flexibility index (Phi) is 6.09. The molecule has 2 N–H and O–H groups in total. The van der Waals surface area contributed by atoms with E-state index in [1.54, 1.807) is 36.4 Å². The van der Waals surface area contributed by atoms with E-state index in [0.29, 0.717) is 16.9 Å². The first-order valence-electron chi connectivity index (χ1n) is 10.2. The molecule has 9 heteroatoms. The number of hydrogen-bond acceptors (Lipinski definition) is 6. The summed E-state index contributed by atoms with van der Waals surface area (Å²) >= 11 is 0. The van der Waals surface area contributed by atoms with Crippen LogP contribution in [0.2, 0.25) is 0 Å². The molecule has 1 saturated heterocycles. The van der Waals surface area contributed by atoms with E-state index in [1.165, 1.54) is 37.4 Å². The van der Waals surface area contributed by atoms with Crippen LogP contribution in [0.15, 0.2) is 72.6 Å². The van der Waals surface area contributed by atoms with Gasteiger partial charge in [0.2, 0.25) is 5.91 Å². The Hall–Kier alpha value is -4.53. The fourth-order valence-corrected chi connectivity index (χ4v) is 3.91. The number of Topliss-reactive ketones (excluding diaryl/α,β-unsaturated/α-hetero) is 1. The molecule has 0 bridgehead atoms. The van der Waals surface area contributed by atoms with Crippen LogP contribution in [0.4, 0.5) is 15.8 Å². The van der Waals surface area contributed by atoms with Gasteiger partial charge < -0.3 is 15.2 Å². The third-order valence-corrected chi connectivity index (χ3v) is 5.33. The lowest BCUT2D eigenvalue weighted by Crippen LogP contribution is -2.29. The summed E-state index contributed by atoms with van der Waals surface area (Å²) in [6.07, 6.45) is 2.98. The van der Waals surface area contributed by atoms with Crippen molar-refractivity contribution >= 4 is 34.7 Å². The van der Waals surface area contributed by atoms with Crippen molar-refractivity contribution in [1.29, 1.82) is 0 Å². The van der Waals surface area contributed by atoms with Crippen LogP contribution in [0.25, 0.3) is 5.76 Å². The molecule has 0 aliphatic carbocycles. The average Bonchev–Trinajstić information content (AvgIpc) is 3.09. The number of ether oxygens (including phenoxy) is 1. The number of aliphatic hydroxyl groups is 1. The zero-order valence-corrected chi connectivity index (χ0v) is 18.3. The number of ketones is 1. The number of nitrogens with zero attached hydrogens (tertiary/aromatic N) is 2. The highest BCUT2D eigenvalue weighted by Crippen LogP contribution is 2.43. The quantitative estimate of drug-likeness (QED) is 0.340. The number of pyridine rings is 1. The zero-order chi connectivity index (χ0) is 24.4. The van der Waals surface area contributed by atoms with Gasteiger partial charge in [0.05, 0.1) is 24.3 Å². The van der Waals surface area contributed by atoms with Crippen molar-refractivity contribution < 1.29 is 28.6 Å². The van der Waals surface area contributed by atoms with E-state index in [9.17, 15) is 23.9 Å². The number of methoxy groups -OCH3 is 1. The summed E-state index contributed by atoms with van der Waals surface area (Å²) in [5.41, 5.74) is 0.945. The monoisotopic (exact) mass is 461 g/mol. The third kappa shape index (κ3) is 4.11. The van der Waals surface area contributed by atoms with Crippen molar-refractivity contribution in [1.82, 2.24) is 4.98 Å². The lowest BCUT2D eigenvalue weighted by molar-refractivity contribution is -0.132. The van der Waals surface area contributed by atoms with Crippen molar-refractivity contribution in [2.75, 3.05) is 17.3 Å². The predicted octanol–water partition coefficient (Wildman–Crippen LogP) is 3.81. The molecule has 1 aliphatic heterocycles. The molecule has 172 valence electrons. The molecule has 1 fully saturated rings. The molecule has 0 saturated carbocycles. The summed E-state index contributed by atoms with van der Waals surface area (Å²) in [6.45, 7) is 1.35. The van der Waals surface area contributed by atoms with Crippen LogP contribution < -0.4 is 15.0 Å². The van der Waals surface area contributed by atoms with Gasteiger partial charge >= 0.3 is 0 Å². The number of amides is 2. The molecule has 2 heterocycles. The zero-order valence-electron chi connectivity index (χ0n) is 18.3. The van der Waals surface area contributed by atoms with Crippen molar-refractivity contribution in [2.45, 2.75) is 13.0 Å². The van der Waals surface area contributed by atoms with Gasteiger partial charge in [-0.05, 0) is 54.1 Å². The van der Waals surface area contributed by atoms with E-state index in [1.807, 2.05) is 0 Å². The second kappa shape index (κ2) is 9.14. The number of anilines is 2. The normalized spacial score (nSPS) is 17.0. The fourth-order valence-electron chi connectivity index (χ4n) is 3.91. The first-order chi connectivity index (χ1) is 16.3. The highest BCUT2D eigenvalue weighted by molar-refractivity contribution is 6.51. The lowest BCUT2D eigenvalue weighted by atomic mass is 9.95. The molecule has 1 aliphatic rings. The van der Waals surface area contributed by atoms with Crippen LogP contribution in [0.5, 0.6) is 5.75 Å². The Morgan fingerprint density at radius 3 is 2.53 bits per heavy atom. The van der Waals surface area contributed by atoms with E-state index in [2.05, 4.69) is 10.3 Å². The minimum Gasteiger partial charge on any atom is -0.507 e. The van der Waals surface area contributed by atoms with Crippen LogP contribution in [-0.2, 0) is 14.4 Å². The molecule has 2 amide bonds. The second-order valence-corrected chi connectivity index (χ2v) is 7.53. The van der Waals surface area contributed by atoms with Gasteiger partial charge in [0, 0.05) is 30.7 Å². The van der Waals surface area contributed by atoms with Crippen molar-refractivity contribution in [3.63, 3.8) is 0 Å². The van der Waals surface area contributed by atoms with Gasteiger partial charge in [-0.1, -0.05) is 6.07 Å². The largest absolute Gasteiger partial charge is 0.507 e. The molecule has 3 aromatic rings. The highest BCUT2D eigenvalue weighted by atomic mass is 19.1. The van der Waals surface area contributed by atoms with E-state index >= 15 is 0 Å². The van der Waals surface area contributed by atoms with Gasteiger partial charge in [-0.15, -0.1) is 0 Å². The number of benzene rings is 2. The first kappa shape index (κ1) is 22.7. The maximum absolute atomic E-state index is 14.0. The predicted molar refractivity (Wildman–Crippen MR) is 123 cm³/mol. The summed E-state index contributed by atoms with van der Waals surface area (Å²) < 4.78 is 19.2. The Labute approximate surface area is 194 Å². The molecule has 34 heavy (non-hydrogen) atoms. The number of carbonyl (C=O) groups is 3. The molecule has 8 nitrogen and oxygen atoms in total. The summed E-state index contributed by atoms with van der Waals surface area (Å²) in [6, 6.07) is 12.1. The molecule has 0 spiro atoms. The Bertz CT molecular complexity index is 1320. The molecular weight excluding hydrogens is 441 g/mol. The number of aliphatic hydroxyl groups excluding tert-OH is 1. The lowest BCUT2D eigenvalue weighted by Gasteiger charge is -2.26. The number of rotatable bonds is 5. The van der Waals surface area contributed by atoms with Gasteiger partial charge in [-0.3, -0.25) is 24.3 Å². The Morgan fingerprint density at radius 1 is 1.12 bits per heavy atom. The van der Waals surface area contributed by atoms with Crippen molar-refractivity contribution in [3.8, 4) is 5.75 Å². The molecule has 0 radical (unpaired) electrons. The SMILES string of the molecule is COc1ccc(F)cc1/C(O)=C1\C(=O)C(=O)N(c2cccc(NC(C)=O)c2)C1c1ccncc1. The minimum atomic E-state index is -1.04. The third-order valence-electron chi connectivity index (χ3n) is 5.33. The molecule has 4 rings (SSSR count). The topological polar surface area (TPSA) is 109 Å². The summed E-state index contributed by atoms with van der Waals surface area (Å²) in [4.78, 5) is 43.1. The molecule has 1 aromatic heterocycles. The smallest absolute Gasteiger partial charge is 0.300 e. The summed E-state index contributed by atoms with van der Waals surface area (Å²) in [7, 11) is 1.34. The minimum absolute atomic E-state index is 0.0634. The van der Waals surface area contributed by atoms with Gasteiger partial charge in [0.1, 0.15) is 17.3 Å². The number of aromatic nitrogens is 1. The van der Waals surface area contributed by atoms with E-state index in [0.717, 1.165) is 12.1 Å². The van der Waals surface area contributed by atoms with Crippen LogP contribution in [0.3, 0.4) is 0 Å². The maximum Gasteiger partial charge on any atom is 0.300 e. The number of hydrogen-bond donors (Lipinski definition) is 2. The van der Waals surface area contributed by atoms with Gasteiger partial charge in [-0.2, -0.15) is 0 Å². The van der Waals surface area contributed by atoms with E-state index in [-0.39, 0.29) is 22.8 Å². The standard InChI is InChI=1S/C25H20FN3O5/c1-14(30)28-17-4-3-5-18(13-17)29-22(15-8-10-27-11-9-15)21(24(32)25(29)33)23(31)19-12-16(26)6-7-20(19)34-2/h3-13,22,31H,1-2H3,(H,28,30)/b23-21+. The second-order valence-electron chi connectivity index (χ2n) is 7.53. The Balaban J connectivity index is 1.94. The molecule has 1 atom stereocenters.